The number of halogens is 1. The van der Waals surface area contributed by atoms with E-state index >= 15 is 0 Å². The van der Waals surface area contributed by atoms with Crippen LogP contribution < -0.4 is 10.6 Å². The number of hydrogen-bond acceptors (Lipinski definition) is 5. The molecule has 148 valence electrons. The van der Waals surface area contributed by atoms with Crippen molar-refractivity contribution in [2.24, 2.45) is 5.92 Å². The van der Waals surface area contributed by atoms with Crippen LogP contribution in [-0.4, -0.2) is 15.8 Å². The maximum Gasteiger partial charge on any atom is 0.229 e. The molecule has 1 atom stereocenters. The van der Waals surface area contributed by atoms with Crippen molar-refractivity contribution < 1.29 is 9.18 Å². The Kier molecular flexibility index (Phi) is 5.25. The Morgan fingerprint density at radius 3 is 2.55 bits per heavy atom. The summed E-state index contributed by atoms with van der Waals surface area (Å²) in [6.45, 7) is 4.14. The number of fused-ring (bicyclic) bond motifs is 1. The van der Waals surface area contributed by atoms with Crippen LogP contribution in [0, 0.1) is 11.7 Å². The molecular formula is C23H23FN4O. The zero-order chi connectivity index (χ0) is 20.4. The highest BCUT2D eigenvalue weighted by atomic mass is 19.1. The fraction of sp³-hybridized carbons (Fsp3) is 0.261. The number of ketones is 1. The highest BCUT2D eigenvalue weighted by molar-refractivity contribution is 6.03. The zero-order valence-electron chi connectivity index (χ0n) is 16.5. The zero-order valence-corrected chi connectivity index (χ0v) is 16.5. The Bertz CT molecular complexity index is 1050. The molecule has 0 saturated carbocycles. The van der Waals surface area contributed by atoms with Crippen LogP contribution in [0.3, 0.4) is 0 Å². The molecule has 5 nitrogen and oxygen atoms in total. The standard InChI is InChI=1S/C23H23FN4O/c1-3-15-6-4-5-7-18(15)26-22-21-19(12-14(2)13-20(21)29)27-23(28-22)25-17-10-8-16(24)9-11-17/h4-11,14H,3,12-13H2,1-2H3,(H2,25,26,27,28). The van der Waals surface area contributed by atoms with Crippen molar-refractivity contribution in [1.29, 1.82) is 0 Å². The highest BCUT2D eigenvalue weighted by Gasteiger charge is 2.28. The Labute approximate surface area is 169 Å². The minimum atomic E-state index is -0.306. The Hall–Kier alpha value is -3.28. The third-order valence-corrected chi connectivity index (χ3v) is 5.09. The van der Waals surface area contributed by atoms with Gasteiger partial charge in [-0.3, -0.25) is 4.79 Å². The van der Waals surface area contributed by atoms with Gasteiger partial charge in [-0.1, -0.05) is 32.0 Å². The van der Waals surface area contributed by atoms with Gasteiger partial charge in [0.25, 0.3) is 0 Å². The van der Waals surface area contributed by atoms with Crippen LogP contribution in [-0.2, 0) is 12.8 Å². The highest BCUT2D eigenvalue weighted by Crippen LogP contribution is 2.32. The quantitative estimate of drug-likeness (QED) is 0.608. The Balaban J connectivity index is 1.76. The van der Waals surface area contributed by atoms with Gasteiger partial charge in [0.2, 0.25) is 5.95 Å². The van der Waals surface area contributed by atoms with Crippen molar-refractivity contribution in [1.82, 2.24) is 9.97 Å². The molecule has 2 N–H and O–H groups in total. The molecule has 2 aromatic carbocycles. The minimum absolute atomic E-state index is 0.0589. The molecule has 3 aromatic rings. The van der Waals surface area contributed by atoms with Gasteiger partial charge in [0, 0.05) is 17.8 Å². The Morgan fingerprint density at radius 1 is 1.03 bits per heavy atom. The lowest BCUT2D eigenvalue weighted by atomic mass is 9.87. The van der Waals surface area contributed by atoms with Crippen molar-refractivity contribution >= 4 is 28.9 Å². The van der Waals surface area contributed by atoms with Gasteiger partial charge in [0.05, 0.1) is 11.3 Å². The van der Waals surface area contributed by atoms with Gasteiger partial charge in [-0.15, -0.1) is 0 Å². The lowest BCUT2D eigenvalue weighted by molar-refractivity contribution is 0.0953. The summed E-state index contributed by atoms with van der Waals surface area (Å²) in [7, 11) is 0. The number of aromatic nitrogens is 2. The average molecular weight is 390 g/mol. The van der Waals surface area contributed by atoms with Gasteiger partial charge in [-0.2, -0.15) is 4.98 Å². The van der Waals surface area contributed by atoms with Gasteiger partial charge in [-0.05, 0) is 54.7 Å². The molecule has 0 aliphatic heterocycles. The van der Waals surface area contributed by atoms with E-state index in [0.29, 0.717) is 35.9 Å². The summed E-state index contributed by atoms with van der Waals surface area (Å²) in [5.41, 5.74) is 4.06. The summed E-state index contributed by atoms with van der Waals surface area (Å²) in [5, 5.41) is 6.49. The van der Waals surface area contributed by atoms with E-state index in [4.69, 9.17) is 0 Å². The van der Waals surface area contributed by atoms with Crippen LogP contribution in [0.5, 0.6) is 0 Å². The number of benzene rings is 2. The van der Waals surface area contributed by atoms with E-state index in [2.05, 4.69) is 40.5 Å². The van der Waals surface area contributed by atoms with E-state index in [0.717, 1.165) is 23.4 Å². The van der Waals surface area contributed by atoms with Crippen molar-refractivity contribution in [3.05, 3.63) is 71.2 Å². The molecule has 4 rings (SSSR count). The predicted octanol–water partition coefficient (Wildman–Crippen LogP) is 5.43. The molecular weight excluding hydrogens is 367 g/mol. The largest absolute Gasteiger partial charge is 0.339 e. The molecule has 0 radical (unpaired) electrons. The monoisotopic (exact) mass is 390 g/mol. The Morgan fingerprint density at radius 2 is 1.79 bits per heavy atom. The molecule has 0 spiro atoms. The van der Waals surface area contributed by atoms with Crippen LogP contribution in [0.1, 0.15) is 41.9 Å². The van der Waals surface area contributed by atoms with Crippen molar-refractivity contribution in [3.8, 4) is 0 Å². The number of para-hydroxylation sites is 1. The van der Waals surface area contributed by atoms with Gasteiger partial charge in [0.15, 0.2) is 5.78 Å². The number of hydrogen-bond donors (Lipinski definition) is 2. The summed E-state index contributed by atoms with van der Waals surface area (Å²) in [6, 6.07) is 14.0. The van der Waals surface area contributed by atoms with Gasteiger partial charge in [-0.25, -0.2) is 9.37 Å². The van der Waals surface area contributed by atoms with E-state index in [1.165, 1.54) is 12.1 Å². The third-order valence-electron chi connectivity index (χ3n) is 5.09. The third kappa shape index (κ3) is 4.11. The second-order valence-electron chi connectivity index (χ2n) is 7.42. The second-order valence-corrected chi connectivity index (χ2v) is 7.42. The molecule has 0 saturated heterocycles. The van der Waals surface area contributed by atoms with Gasteiger partial charge >= 0.3 is 0 Å². The number of aryl methyl sites for hydroxylation is 1. The maximum absolute atomic E-state index is 13.2. The maximum atomic E-state index is 13.2. The molecule has 1 aliphatic rings. The first kappa shape index (κ1) is 19.1. The van der Waals surface area contributed by atoms with Gasteiger partial charge < -0.3 is 10.6 Å². The SMILES string of the molecule is CCc1ccccc1Nc1nc(Nc2ccc(F)cc2)nc2c1C(=O)CC(C)C2. The molecule has 0 amide bonds. The molecule has 6 heteroatoms. The van der Waals surface area contributed by atoms with E-state index in [-0.39, 0.29) is 17.5 Å². The number of anilines is 4. The van der Waals surface area contributed by atoms with Crippen LogP contribution in [0.2, 0.25) is 0 Å². The lowest BCUT2D eigenvalue weighted by Gasteiger charge is -2.23. The van der Waals surface area contributed by atoms with Crippen molar-refractivity contribution in [2.45, 2.75) is 33.1 Å². The van der Waals surface area contributed by atoms with E-state index < -0.39 is 0 Å². The number of Topliss-reactive ketones (excluding diaryl/α,β-unsaturated/α-hetero) is 1. The van der Waals surface area contributed by atoms with E-state index in [1.54, 1.807) is 12.1 Å². The van der Waals surface area contributed by atoms with Crippen LogP contribution in [0.4, 0.5) is 27.5 Å². The molecule has 1 heterocycles. The molecule has 0 bridgehead atoms. The minimum Gasteiger partial charge on any atom is -0.339 e. The smallest absolute Gasteiger partial charge is 0.229 e. The number of carbonyl (C=O) groups is 1. The lowest BCUT2D eigenvalue weighted by Crippen LogP contribution is -2.22. The summed E-state index contributed by atoms with van der Waals surface area (Å²) in [5.74, 6) is 0.883. The van der Waals surface area contributed by atoms with Crippen molar-refractivity contribution in [2.75, 3.05) is 10.6 Å². The fourth-order valence-corrected chi connectivity index (χ4v) is 3.66. The molecule has 1 unspecified atom stereocenters. The summed E-state index contributed by atoms with van der Waals surface area (Å²) < 4.78 is 13.2. The van der Waals surface area contributed by atoms with Crippen LogP contribution >= 0.6 is 0 Å². The van der Waals surface area contributed by atoms with E-state index in [1.807, 2.05) is 18.2 Å². The molecule has 0 fully saturated rings. The van der Waals surface area contributed by atoms with Gasteiger partial charge in [0.1, 0.15) is 11.6 Å². The topological polar surface area (TPSA) is 66.9 Å². The average Bonchev–Trinajstić information content (AvgIpc) is 2.69. The number of rotatable bonds is 5. The second kappa shape index (κ2) is 7.99. The molecule has 29 heavy (non-hydrogen) atoms. The number of nitrogens with zero attached hydrogens (tertiary/aromatic N) is 2. The normalized spacial score (nSPS) is 15.7. The molecule has 1 aliphatic carbocycles. The van der Waals surface area contributed by atoms with Crippen LogP contribution in [0.15, 0.2) is 48.5 Å². The number of nitrogens with one attached hydrogen (secondary N) is 2. The first-order valence-corrected chi connectivity index (χ1v) is 9.85. The first-order chi connectivity index (χ1) is 14.0. The summed E-state index contributed by atoms with van der Waals surface area (Å²) in [4.78, 5) is 22.0. The summed E-state index contributed by atoms with van der Waals surface area (Å²) >= 11 is 0. The van der Waals surface area contributed by atoms with Crippen LogP contribution in [0.25, 0.3) is 0 Å². The molecule has 1 aromatic heterocycles. The predicted molar refractivity (Wildman–Crippen MR) is 113 cm³/mol. The van der Waals surface area contributed by atoms with Crippen molar-refractivity contribution in [3.63, 3.8) is 0 Å². The fourth-order valence-electron chi connectivity index (χ4n) is 3.66. The van der Waals surface area contributed by atoms with E-state index in [9.17, 15) is 9.18 Å². The summed E-state index contributed by atoms with van der Waals surface area (Å²) in [6.07, 6.45) is 2.07. The number of carbonyl (C=O) groups excluding carboxylic acids is 1. The first-order valence-electron chi connectivity index (χ1n) is 9.85.